The molecule has 0 fully saturated rings. The Morgan fingerprint density at radius 1 is 0.917 bits per heavy atom. The van der Waals surface area contributed by atoms with Crippen molar-refractivity contribution in [3.8, 4) is 22.8 Å². The minimum Gasteiger partial charge on any atom is -0.453 e. The van der Waals surface area contributed by atoms with Gasteiger partial charge in [0.1, 0.15) is 33.7 Å². The summed E-state index contributed by atoms with van der Waals surface area (Å²) in [4.78, 5) is 6.81. The smallest absolute Gasteiger partial charge is 0.266 e. The number of aromatic nitrogens is 3. The molecule has 0 spiro atoms. The molecule has 0 saturated heterocycles. The largest absolute Gasteiger partial charge is 0.453 e. The van der Waals surface area contributed by atoms with Crippen molar-refractivity contribution in [2.45, 2.75) is 4.90 Å². The maximum absolute atomic E-state index is 15.0. The van der Waals surface area contributed by atoms with E-state index in [1.807, 2.05) is 4.72 Å². The second-order valence-corrected chi connectivity index (χ2v) is 9.58. The van der Waals surface area contributed by atoms with Crippen LogP contribution in [0.3, 0.4) is 0 Å². The third kappa shape index (κ3) is 4.58. The normalized spacial score (nSPS) is 11.6. The Balaban J connectivity index is 1.51. The van der Waals surface area contributed by atoms with Crippen molar-refractivity contribution in [2.24, 2.45) is 0 Å². The molecule has 7 nitrogen and oxygen atoms in total. The van der Waals surface area contributed by atoms with E-state index in [9.17, 15) is 21.6 Å². The van der Waals surface area contributed by atoms with Gasteiger partial charge >= 0.3 is 0 Å². The molecule has 3 aromatic heterocycles. The Morgan fingerprint density at radius 3 is 2.53 bits per heavy atom. The molecule has 0 radical (unpaired) electrons. The molecular formula is C24H14ClF3N4O3S. The van der Waals surface area contributed by atoms with Crippen molar-refractivity contribution in [3.05, 3.63) is 102 Å². The summed E-state index contributed by atoms with van der Waals surface area (Å²) in [6.07, 6.45) is 4.10. The lowest BCUT2D eigenvalue weighted by Gasteiger charge is -2.15. The Kier molecular flexibility index (Phi) is 6.02. The van der Waals surface area contributed by atoms with Crippen LogP contribution in [0, 0.1) is 17.5 Å². The number of anilines is 1. The lowest BCUT2D eigenvalue weighted by Crippen LogP contribution is -2.16. The van der Waals surface area contributed by atoms with Gasteiger partial charge in [-0.1, -0.05) is 17.7 Å². The number of hydrogen-bond donors (Lipinski definition) is 1. The van der Waals surface area contributed by atoms with Gasteiger partial charge in [0.15, 0.2) is 11.6 Å². The highest BCUT2D eigenvalue weighted by Gasteiger charge is 2.24. The first-order valence-electron chi connectivity index (χ1n) is 10.2. The van der Waals surface area contributed by atoms with Crippen LogP contribution in [-0.4, -0.2) is 22.8 Å². The van der Waals surface area contributed by atoms with E-state index < -0.39 is 38.1 Å². The standard InChI is InChI=1S/C24H14ClF3N4O3S/c25-14-4-6-20(16(10-14)19-2-1-3-24-29-8-9-32(19)24)35-21-11-18(28)22(12-17(21)27)36(33,34)31-23-7-5-15(26)13-30-23/h1-13H,(H,30,31). The first-order chi connectivity index (χ1) is 17.2. The van der Waals surface area contributed by atoms with Crippen molar-refractivity contribution < 1.29 is 26.3 Å². The summed E-state index contributed by atoms with van der Waals surface area (Å²) < 4.78 is 77.5. The summed E-state index contributed by atoms with van der Waals surface area (Å²) in [6.45, 7) is 0. The predicted octanol–water partition coefficient (Wildman–Crippen LogP) is 6.06. The number of fused-ring (bicyclic) bond motifs is 1. The average molecular weight is 531 g/mol. The Labute approximate surface area is 207 Å². The van der Waals surface area contributed by atoms with E-state index in [0.29, 0.717) is 34.1 Å². The summed E-state index contributed by atoms with van der Waals surface area (Å²) >= 11 is 6.18. The average Bonchev–Trinajstić information content (AvgIpc) is 3.33. The first-order valence-corrected chi connectivity index (χ1v) is 12.1. The molecule has 12 heteroatoms. The SMILES string of the molecule is O=S(=O)(Nc1ccc(F)cn1)c1cc(F)c(Oc2ccc(Cl)cc2-c2cccc3nccn23)cc1F. The third-order valence-corrected chi connectivity index (χ3v) is 6.71. The summed E-state index contributed by atoms with van der Waals surface area (Å²) in [5, 5.41) is 0.378. The van der Waals surface area contributed by atoms with Crippen LogP contribution < -0.4 is 9.46 Å². The quantitative estimate of drug-likeness (QED) is 0.288. The monoisotopic (exact) mass is 530 g/mol. The Morgan fingerprint density at radius 2 is 1.75 bits per heavy atom. The molecule has 0 atom stereocenters. The number of benzene rings is 2. The van der Waals surface area contributed by atoms with Gasteiger partial charge in [-0.05, 0) is 42.5 Å². The fourth-order valence-electron chi connectivity index (χ4n) is 3.50. The fourth-order valence-corrected chi connectivity index (χ4v) is 4.75. The highest BCUT2D eigenvalue weighted by molar-refractivity contribution is 7.92. The van der Waals surface area contributed by atoms with Gasteiger partial charge in [-0.15, -0.1) is 0 Å². The van der Waals surface area contributed by atoms with Crippen molar-refractivity contribution in [3.63, 3.8) is 0 Å². The number of pyridine rings is 2. The van der Waals surface area contributed by atoms with Gasteiger partial charge in [0, 0.05) is 35.1 Å². The van der Waals surface area contributed by atoms with Crippen molar-refractivity contribution in [1.29, 1.82) is 0 Å². The first kappa shape index (κ1) is 23.6. The highest BCUT2D eigenvalue weighted by Crippen LogP contribution is 2.37. The second-order valence-electron chi connectivity index (χ2n) is 7.49. The molecule has 5 aromatic rings. The molecule has 36 heavy (non-hydrogen) atoms. The number of hydrogen-bond acceptors (Lipinski definition) is 5. The molecule has 2 aromatic carbocycles. The zero-order chi connectivity index (χ0) is 25.4. The van der Waals surface area contributed by atoms with Gasteiger partial charge < -0.3 is 4.74 Å². The lowest BCUT2D eigenvalue weighted by molar-refractivity contribution is 0.433. The van der Waals surface area contributed by atoms with Crippen LogP contribution in [0.25, 0.3) is 16.9 Å². The van der Waals surface area contributed by atoms with Crippen LogP contribution in [0.15, 0.2) is 84.1 Å². The van der Waals surface area contributed by atoms with E-state index in [1.54, 1.807) is 41.1 Å². The number of halogens is 4. The Hall–Kier alpha value is -4.09. The zero-order valence-electron chi connectivity index (χ0n) is 18.0. The van der Waals surface area contributed by atoms with E-state index in [2.05, 4.69) is 9.97 Å². The lowest BCUT2D eigenvalue weighted by atomic mass is 10.1. The van der Waals surface area contributed by atoms with E-state index >= 15 is 0 Å². The number of sulfonamides is 1. The zero-order valence-corrected chi connectivity index (χ0v) is 19.6. The number of nitrogens with zero attached hydrogens (tertiary/aromatic N) is 3. The molecule has 0 aliphatic heterocycles. The van der Waals surface area contributed by atoms with Crippen LogP contribution in [0.2, 0.25) is 5.02 Å². The van der Waals surface area contributed by atoms with Crippen LogP contribution in [0.4, 0.5) is 19.0 Å². The van der Waals surface area contributed by atoms with Crippen LogP contribution in [-0.2, 0) is 10.0 Å². The maximum atomic E-state index is 15.0. The van der Waals surface area contributed by atoms with E-state index in [0.717, 1.165) is 18.3 Å². The number of nitrogens with one attached hydrogen (secondary N) is 1. The van der Waals surface area contributed by atoms with Gasteiger partial charge in [0.05, 0.1) is 11.9 Å². The van der Waals surface area contributed by atoms with Crippen molar-refractivity contribution in [2.75, 3.05) is 4.72 Å². The minimum absolute atomic E-state index is 0.142. The van der Waals surface area contributed by atoms with E-state index in [1.165, 1.54) is 12.1 Å². The number of rotatable bonds is 6. The van der Waals surface area contributed by atoms with Crippen molar-refractivity contribution >= 4 is 33.1 Å². The number of imidazole rings is 1. The maximum Gasteiger partial charge on any atom is 0.266 e. The van der Waals surface area contributed by atoms with Gasteiger partial charge in [-0.25, -0.2) is 31.6 Å². The number of ether oxygens (including phenoxy) is 1. The second kappa shape index (κ2) is 9.17. The molecular weight excluding hydrogens is 517 g/mol. The molecule has 0 unspecified atom stereocenters. The van der Waals surface area contributed by atoms with Crippen LogP contribution in [0.5, 0.6) is 11.5 Å². The van der Waals surface area contributed by atoms with E-state index in [4.69, 9.17) is 16.3 Å². The molecule has 182 valence electrons. The summed E-state index contributed by atoms with van der Waals surface area (Å²) in [7, 11) is -4.58. The molecule has 3 heterocycles. The summed E-state index contributed by atoms with van der Waals surface area (Å²) in [5.41, 5.74) is 1.73. The summed E-state index contributed by atoms with van der Waals surface area (Å²) in [6, 6.07) is 13.0. The molecule has 1 N–H and O–H groups in total. The fraction of sp³-hybridized carbons (Fsp3) is 0. The van der Waals surface area contributed by atoms with Crippen LogP contribution in [0.1, 0.15) is 0 Å². The van der Waals surface area contributed by atoms with Crippen LogP contribution >= 0.6 is 11.6 Å². The molecule has 5 rings (SSSR count). The van der Waals surface area contributed by atoms with Gasteiger partial charge in [0.25, 0.3) is 10.0 Å². The van der Waals surface area contributed by atoms with Gasteiger partial charge in [-0.2, -0.15) is 0 Å². The highest BCUT2D eigenvalue weighted by atomic mass is 35.5. The molecule has 0 aliphatic rings. The van der Waals surface area contributed by atoms with Crippen molar-refractivity contribution in [1.82, 2.24) is 14.4 Å². The predicted molar refractivity (Wildman–Crippen MR) is 127 cm³/mol. The molecule has 0 aliphatic carbocycles. The topological polar surface area (TPSA) is 85.6 Å². The molecule has 0 saturated carbocycles. The van der Waals surface area contributed by atoms with Gasteiger partial charge in [0.2, 0.25) is 0 Å². The molecule has 0 amide bonds. The summed E-state index contributed by atoms with van der Waals surface area (Å²) in [5.74, 6) is -3.77. The minimum atomic E-state index is -4.58. The van der Waals surface area contributed by atoms with Gasteiger partial charge in [-0.3, -0.25) is 9.12 Å². The molecule has 0 bridgehead atoms. The third-order valence-electron chi connectivity index (χ3n) is 5.11. The Bertz CT molecular complexity index is 1710. The van der Waals surface area contributed by atoms with E-state index in [-0.39, 0.29) is 11.6 Å².